The Morgan fingerprint density at radius 3 is 2.89 bits per heavy atom. The highest BCUT2D eigenvalue weighted by Crippen LogP contribution is 2.41. The van der Waals surface area contributed by atoms with Crippen molar-refractivity contribution in [1.29, 1.82) is 0 Å². The summed E-state index contributed by atoms with van der Waals surface area (Å²) in [6.45, 7) is 0.555. The van der Waals surface area contributed by atoms with Crippen molar-refractivity contribution < 1.29 is 23.9 Å². The second-order valence-electron chi connectivity index (χ2n) is 9.49. The predicted octanol–water partition coefficient (Wildman–Crippen LogP) is 3.23. The van der Waals surface area contributed by atoms with Crippen molar-refractivity contribution >= 4 is 45.4 Å². The Kier molecular flexibility index (Phi) is 5.67. The zero-order chi connectivity index (χ0) is 24.8. The summed E-state index contributed by atoms with van der Waals surface area (Å²) in [7, 11) is 0. The molecule has 36 heavy (non-hydrogen) atoms. The third-order valence-electron chi connectivity index (χ3n) is 7.23. The molecule has 1 saturated heterocycles. The summed E-state index contributed by atoms with van der Waals surface area (Å²) in [4.78, 5) is 54.9. The van der Waals surface area contributed by atoms with Gasteiger partial charge in [-0.3, -0.25) is 19.7 Å². The lowest BCUT2D eigenvalue weighted by Gasteiger charge is -2.35. The van der Waals surface area contributed by atoms with Gasteiger partial charge in [-0.15, -0.1) is 11.3 Å². The van der Waals surface area contributed by atoms with E-state index >= 15 is 0 Å². The molecule has 3 aromatic rings. The molecule has 1 unspecified atom stereocenters. The Bertz CT molecular complexity index is 1400. The van der Waals surface area contributed by atoms with Gasteiger partial charge in [-0.25, -0.2) is 9.78 Å². The van der Waals surface area contributed by atoms with Crippen LogP contribution in [0.3, 0.4) is 0 Å². The predicted molar refractivity (Wildman–Crippen MR) is 131 cm³/mol. The van der Waals surface area contributed by atoms with Gasteiger partial charge in [0.2, 0.25) is 11.8 Å². The summed E-state index contributed by atoms with van der Waals surface area (Å²) in [5, 5.41) is 5.08. The van der Waals surface area contributed by atoms with Crippen LogP contribution in [0.5, 0.6) is 0 Å². The number of piperidine rings is 1. The normalized spacial score (nSPS) is 23.3. The molecule has 2 N–H and O–H groups in total. The standard InChI is InChI=1S/C26H24N4O5S/c31-22-7-6-20(24(32)29-22)30-12-15-5-4-14(8-19(15)25(30)33)11-27-26(34)35-17-9-16(10-17)18-2-1-3-21-23(18)28-13-36-21/h1-5,8,13,16-17,20H,6-7,9-12H2,(H,27,34)(H,29,31,32). The minimum Gasteiger partial charge on any atom is -0.446 e. The van der Waals surface area contributed by atoms with Gasteiger partial charge in [-0.1, -0.05) is 24.3 Å². The average molecular weight is 505 g/mol. The van der Waals surface area contributed by atoms with Crippen LogP contribution >= 0.6 is 11.3 Å². The highest BCUT2D eigenvalue weighted by molar-refractivity contribution is 7.16. The summed E-state index contributed by atoms with van der Waals surface area (Å²) in [5.41, 5.74) is 6.22. The first-order valence-electron chi connectivity index (χ1n) is 12.0. The number of benzene rings is 2. The maximum Gasteiger partial charge on any atom is 0.407 e. The minimum absolute atomic E-state index is 0.132. The van der Waals surface area contributed by atoms with Crippen molar-refractivity contribution in [2.75, 3.05) is 0 Å². The lowest BCUT2D eigenvalue weighted by molar-refractivity contribution is -0.136. The zero-order valence-electron chi connectivity index (χ0n) is 19.4. The molecule has 3 aliphatic rings. The smallest absolute Gasteiger partial charge is 0.407 e. The Labute approximate surface area is 210 Å². The van der Waals surface area contributed by atoms with Crippen LogP contribution < -0.4 is 10.6 Å². The highest BCUT2D eigenvalue weighted by atomic mass is 32.1. The van der Waals surface area contributed by atoms with Crippen LogP contribution in [0, 0.1) is 0 Å². The van der Waals surface area contributed by atoms with Gasteiger partial charge in [-0.2, -0.15) is 0 Å². The van der Waals surface area contributed by atoms with E-state index in [0.29, 0.717) is 24.4 Å². The summed E-state index contributed by atoms with van der Waals surface area (Å²) >= 11 is 1.62. The second kappa shape index (κ2) is 9.02. The molecule has 1 aromatic heterocycles. The summed E-state index contributed by atoms with van der Waals surface area (Å²) in [5.74, 6) is -0.642. The van der Waals surface area contributed by atoms with Crippen LogP contribution in [0.2, 0.25) is 0 Å². The van der Waals surface area contributed by atoms with Crippen molar-refractivity contribution in [2.24, 2.45) is 0 Å². The second-order valence-corrected chi connectivity index (χ2v) is 10.4. The molecule has 184 valence electrons. The number of alkyl carbamates (subject to hydrolysis) is 1. The number of nitrogens with one attached hydrogen (secondary N) is 2. The largest absolute Gasteiger partial charge is 0.446 e. The third kappa shape index (κ3) is 4.11. The van der Waals surface area contributed by atoms with Gasteiger partial charge in [-0.05, 0) is 54.0 Å². The van der Waals surface area contributed by atoms with Gasteiger partial charge in [0.1, 0.15) is 12.1 Å². The Morgan fingerprint density at radius 1 is 1.19 bits per heavy atom. The van der Waals surface area contributed by atoms with E-state index in [0.717, 1.165) is 29.5 Å². The molecular weight excluding hydrogens is 480 g/mol. The quantitative estimate of drug-likeness (QED) is 0.515. The van der Waals surface area contributed by atoms with E-state index in [9.17, 15) is 19.2 Å². The van der Waals surface area contributed by atoms with Crippen molar-refractivity contribution in [3.8, 4) is 0 Å². The molecule has 9 nitrogen and oxygen atoms in total. The number of hydrogen-bond acceptors (Lipinski definition) is 7. The van der Waals surface area contributed by atoms with Gasteiger partial charge >= 0.3 is 6.09 Å². The number of ether oxygens (including phenoxy) is 1. The summed E-state index contributed by atoms with van der Waals surface area (Å²) in [6.07, 6.45) is 1.47. The maximum absolute atomic E-state index is 13.0. The SMILES string of the molecule is O=C1CCC(N2Cc3ccc(CNC(=O)OC4CC(c5cccc6scnc56)C4)cc3C2=O)C(=O)N1. The van der Waals surface area contributed by atoms with E-state index < -0.39 is 18.0 Å². The van der Waals surface area contributed by atoms with Gasteiger partial charge in [0.05, 0.1) is 15.7 Å². The van der Waals surface area contributed by atoms with Crippen molar-refractivity contribution in [3.05, 3.63) is 64.2 Å². The lowest BCUT2D eigenvalue weighted by atomic mass is 9.77. The number of imide groups is 1. The Morgan fingerprint density at radius 2 is 2.06 bits per heavy atom. The van der Waals surface area contributed by atoms with Crippen LogP contribution in [0.15, 0.2) is 41.9 Å². The fourth-order valence-corrected chi connectivity index (χ4v) is 5.94. The Balaban J connectivity index is 1.01. The monoisotopic (exact) mass is 504 g/mol. The van der Waals surface area contributed by atoms with Crippen molar-refractivity contribution in [2.45, 2.75) is 56.8 Å². The van der Waals surface area contributed by atoms with E-state index in [1.165, 1.54) is 15.2 Å². The maximum atomic E-state index is 13.0. The molecule has 0 radical (unpaired) electrons. The molecule has 0 spiro atoms. The van der Waals surface area contributed by atoms with Crippen molar-refractivity contribution in [1.82, 2.24) is 20.5 Å². The van der Waals surface area contributed by atoms with E-state index in [1.54, 1.807) is 17.4 Å². The van der Waals surface area contributed by atoms with Gasteiger partial charge < -0.3 is 15.0 Å². The van der Waals surface area contributed by atoms with Crippen LogP contribution in [0.1, 0.15) is 58.6 Å². The van der Waals surface area contributed by atoms with E-state index in [2.05, 4.69) is 27.8 Å². The summed E-state index contributed by atoms with van der Waals surface area (Å²) < 4.78 is 6.74. The summed E-state index contributed by atoms with van der Waals surface area (Å²) in [6, 6.07) is 11.0. The first-order valence-corrected chi connectivity index (χ1v) is 12.9. The first kappa shape index (κ1) is 22.7. The van der Waals surface area contributed by atoms with Gasteiger partial charge in [0.15, 0.2) is 0 Å². The van der Waals surface area contributed by atoms with Crippen LogP contribution in [-0.4, -0.2) is 45.8 Å². The number of hydrogen-bond donors (Lipinski definition) is 2. The lowest BCUT2D eigenvalue weighted by Crippen LogP contribution is -2.52. The number of carbonyl (C=O) groups is 4. The molecule has 2 fully saturated rings. The number of rotatable bonds is 5. The van der Waals surface area contributed by atoms with Crippen molar-refractivity contribution in [3.63, 3.8) is 0 Å². The number of amides is 4. The van der Waals surface area contributed by atoms with Crippen LogP contribution in [-0.2, 0) is 27.4 Å². The molecule has 2 aromatic carbocycles. The van der Waals surface area contributed by atoms with Gasteiger partial charge in [0.25, 0.3) is 5.91 Å². The first-order chi connectivity index (χ1) is 17.5. The minimum atomic E-state index is -0.645. The number of fused-ring (bicyclic) bond motifs is 2. The number of carbonyl (C=O) groups excluding carboxylic acids is 4. The number of para-hydroxylation sites is 1. The highest BCUT2D eigenvalue weighted by Gasteiger charge is 2.39. The number of thiazole rings is 1. The van der Waals surface area contributed by atoms with Crippen LogP contribution in [0.4, 0.5) is 4.79 Å². The van der Waals surface area contributed by atoms with E-state index in [1.807, 2.05) is 23.7 Å². The molecule has 3 heterocycles. The molecule has 0 bridgehead atoms. The number of nitrogens with zero attached hydrogens (tertiary/aromatic N) is 2. The fourth-order valence-electron chi connectivity index (χ4n) is 5.23. The average Bonchev–Trinajstić information content (AvgIpc) is 3.45. The molecule has 1 saturated carbocycles. The molecule has 4 amide bonds. The van der Waals surface area contributed by atoms with E-state index in [-0.39, 0.29) is 30.9 Å². The molecule has 2 aliphatic heterocycles. The third-order valence-corrected chi connectivity index (χ3v) is 8.02. The Hall–Kier alpha value is -3.79. The van der Waals surface area contributed by atoms with Gasteiger partial charge in [0, 0.05) is 25.1 Å². The fraction of sp³-hybridized carbons (Fsp3) is 0.346. The molecule has 1 aliphatic carbocycles. The zero-order valence-corrected chi connectivity index (χ0v) is 20.2. The van der Waals surface area contributed by atoms with E-state index in [4.69, 9.17) is 4.74 Å². The molecule has 10 heteroatoms. The molecular formula is C26H24N4O5S. The van der Waals surface area contributed by atoms with Crippen LogP contribution in [0.25, 0.3) is 10.2 Å². The topological polar surface area (TPSA) is 118 Å². The number of aromatic nitrogens is 1. The molecule has 6 rings (SSSR count). The molecule has 1 atom stereocenters.